The number of unbranched alkanes of at least 4 members (excludes halogenated alkanes) is 2. The minimum Gasteiger partial charge on any atom is -0.493 e. The Morgan fingerprint density at radius 2 is 1.02 bits per heavy atom. The van der Waals surface area contributed by atoms with E-state index in [0.29, 0.717) is 11.8 Å². The number of rotatable bonds is 14. The van der Waals surface area contributed by atoms with Gasteiger partial charge in [-0.1, -0.05) is 78.4 Å². The smallest absolute Gasteiger partial charge is 0.119 e. The van der Waals surface area contributed by atoms with Crippen molar-refractivity contribution in [3.05, 3.63) is 60.7 Å². The van der Waals surface area contributed by atoms with Gasteiger partial charge >= 0.3 is 0 Å². The summed E-state index contributed by atoms with van der Waals surface area (Å²) in [5, 5.41) is 7.94. The Hall–Kier alpha value is -2.82. The Kier molecular flexibility index (Phi) is 9.21. The van der Waals surface area contributed by atoms with Crippen LogP contribution in [-0.4, -0.2) is 13.2 Å². The van der Waals surface area contributed by atoms with Gasteiger partial charge in [0, 0.05) is 20.2 Å². The maximum absolute atomic E-state index is 6.30. The number of hydrogen-bond acceptors (Lipinski definition) is 4. The molecule has 0 saturated carbocycles. The average molecular weight is 597 g/mol. The molecule has 6 aromatic rings. The fraction of sp³-hybridized carbons (Fsp3) is 0.421. The molecule has 0 aliphatic rings. The van der Waals surface area contributed by atoms with E-state index in [2.05, 4.69) is 88.4 Å². The molecule has 2 heterocycles. The van der Waals surface area contributed by atoms with E-state index in [1.807, 2.05) is 22.7 Å². The molecule has 0 spiro atoms. The minimum absolute atomic E-state index is 0.634. The van der Waals surface area contributed by atoms with Crippen LogP contribution in [0.25, 0.3) is 51.1 Å². The molecule has 220 valence electrons. The molecular formula is C38H44O2S2. The Balaban J connectivity index is 1.32. The van der Waals surface area contributed by atoms with E-state index in [1.165, 1.54) is 102 Å². The lowest BCUT2D eigenvalue weighted by molar-refractivity contribution is 0.233. The molecule has 42 heavy (non-hydrogen) atoms. The van der Waals surface area contributed by atoms with Gasteiger partial charge in [0.25, 0.3) is 0 Å². The number of thiophene rings is 2. The highest BCUT2D eigenvalue weighted by Gasteiger charge is 2.17. The van der Waals surface area contributed by atoms with Crippen LogP contribution >= 0.6 is 22.7 Å². The first-order chi connectivity index (χ1) is 20.6. The largest absolute Gasteiger partial charge is 0.493 e. The third-order valence-corrected chi connectivity index (χ3v) is 11.5. The summed E-state index contributed by atoms with van der Waals surface area (Å²) in [5.41, 5.74) is 0. The zero-order valence-corrected chi connectivity index (χ0v) is 27.3. The molecule has 2 aromatic heterocycles. The quantitative estimate of drug-likeness (QED) is 0.124. The van der Waals surface area contributed by atoms with E-state index in [-0.39, 0.29) is 0 Å². The first kappa shape index (κ1) is 29.3. The van der Waals surface area contributed by atoms with Crippen molar-refractivity contribution >= 4 is 73.8 Å². The van der Waals surface area contributed by atoms with Crippen LogP contribution in [0, 0.1) is 11.8 Å². The fourth-order valence-corrected chi connectivity index (χ4v) is 9.01. The standard InChI is InChI=1S/C38H44O2S2/c1-5-9-11-25(7-3)23-39-29-15-17-31-27(21-29)13-19-33-35(31)37-38(41-33)36-32-18-16-30(22-28(32)14-20-34(36)42-37)40-24-26(8-4)12-10-6-2/h13-22,25-26H,5-12,23-24H2,1-4H3/t25-,26?/m0/s1. The van der Waals surface area contributed by atoms with Crippen molar-refractivity contribution in [2.24, 2.45) is 11.8 Å². The molecule has 0 bridgehead atoms. The van der Waals surface area contributed by atoms with Crippen molar-refractivity contribution in [1.29, 1.82) is 0 Å². The van der Waals surface area contributed by atoms with Crippen molar-refractivity contribution in [2.45, 2.75) is 79.1 Å². The van der Waals surface area contributed by atoms with Crippen LogP contribution in [0.5, 0.6) is 11.5 Å². The Labute approximate surface area is 258 Å². The SMILES string of the molecule is CCCCC(CC)COc1ccc2c(ccc3sc4c(sc5ccc6cc(OC[C@@H](CC)CCCC)ccc6c54)c32)c1. The molecule has 2 atom stereocenters. The molecule has 0 fully saturated rings. The molecule has 4 aromatic carbocycles. The van der Waals surface area contributed by atoms with E-state index < -0.39 is 0 Å². The molecule has 6 rings (SSSR count). The molecule has 0 saturated heterocycles. The van der Waals surface area contributed by atoms with Gasteiger partial charge in [0.15, 0.2) is 0 Å². The molecule has 1 unspecified atom stereocenters. The van der Waals surface area contributed by atoms with Gasteiger partial charge in [-0.2, -0.15) is 0 Å². The summed E-state index contributed by atoms with van der Waals surface area (Å²) in [7, 11) is 0. The lowest BCUT2D eigenvalue weighted by Gasteiger charge is -2.16. The van der Waals surface area contributed by atoms with Gasteiger partial charge in [0.2, 0.25) is 0 Å². The van der Waals surface area contributed by atoms with Crippen LogP contribution in [0.3, 0.4) is 0 Å². The second-order valence-electron chi connectivity index (χ2n) is 12.0. The third kappa shape index (κ3) is 5.85. The highest BCUT2D eigenvalue weighted by atomic mass is 32.1. The van der Waals surface area contributed by atoms with Gasteiger partial charge < -0.3 is 9.47 Å². The van der Waals surface area contributed by atoms with Gasteiger partial charge in [-0.25, -0.2) is 0 Å². The molecule has 0 amide bonds. The van der Waals surface area contributed by atoms with Crippen LogP contribution in [-0.2, 0) is 0 Å². The Morgan fingerprint density at radius 3 is 1.43 bits per heavy atom. The van der Waals surface area contributed by atoms with Crippen molar-refractivity contribution in [3.63, 3.8) is 0 Å². The zero-order valence-electron chi connectivity index (χ0n) is 25.6. The number of hydrogen-bond donors (Lipinski definition) is 0. The number of ether oxygens (including phenoxy) is 2. The highest BCUT2D eigenvalue weighted by Crippen LogP contribution is 2.48. The minimum atomic E-state index is 0.634. The second kappa shape index (κ2) is 13.2. The van der Waals surface area contributed by atoms with E-state index in [9.17, 15) is 0 Å². The molecule has 0 aliphatic heterocycles. The summed E-state index contributed by atoms with van der Waals surface area (Å²) in [6, 6.07) is 22.5. The van der Waals surface area contributed by atoms with Crippen molar-refractivity contribution in [2.75, 3.05) is 13.2 Å². The van der Waals surface area contributed by atoms with Crippen LogP contribution in [0.2, 0.25) is 0 Å². The topological polar surface area (TPSA) is 18.5 Å². The first-order valence-corrected chi connectivity index (χ1v) is 17.8. The van der Waals surface area contributed by atoms with Crippen molar-refractivity contribution in [3.8, 4) is 11.5 Å². The maximum Gasteiger partial charge on any atom is 0.119 e. The van der Waals surface area contributed by atoms with Crippen LogP contribution in [0.4, 0.5) is 0 Å². The summed E-state index contributed by atoms with van der Waals surface area (Å²) in [6.45, 7) is 10.7. The number of fused-ring (bicyclic) bond motifs is 9. The summed E-state index contributed by atoms with van der Waals surface area (Å²) in [5.74, 6) is 3.24. The van der Waals surface area contributed by atoms with Gasteiger partial charge in [0.1, 0.15) is 11.5 Å². The van der Waals surface area contributed by atoms with Gasteiger partial charge in [-0.05, 0) is 94.8 Å². The van der Waals surface area contributed by atoms with E-state index in [0.717, 1.165) is 24.7 Å². The molecule has 0 N–H and O–H groups in total. The Morgan fingerprint density at radius 1 is 0.571 bits per heavy atom. The Bertz CT molecular complexity index is 1680. The lowest BCUT2D eigenvalue weighted by Crippen LogP contribution is -2.11. The molecular weight excluding hydrogens is 553 g/mol. The summed E-state index contributed by atoms with van der Waals surface area (Å²) in [6.07, 6.45) is 9.91. The third-order valence-electron chi connectivity index (χ3n) is 9.05. The maximum atomic E-state index is 6.30. The predicted octanol–water partition coefficient (Wildman–Crippen LogP) is 12.8. The highest BCUT2D eigenvalue weighted by molar-refractivity contribution is 7.37. The molecule has 2 nitrogen and oxygen atoms in total. The van der Waals surface area contributed by atoms with Crippen molar-refractivity contribution < 1.29 is 9.47 Å². The summed E-state index contributed by atoms with van der Waals surface area (Å²) >= 11 is 3.87. The molecule has 4 heteroatoms. The molecule has 0 radical (unpaired) electrons. The first-order valence-electron chi connectivity index (χ1n) is 16.1. The van der Waals surface area contributed by atoms with Gasteiger partial charge in [0.05, 0.1) is 22.6 Å². The summed E-state index contributed by atoms with van der Waals surface area (Å²) in [4.78, 5) is 0. The van der Waals surface area contributed by atoms with E-state index >= 15 is 0 Å². The average Bonchev–Trinajstić information content (AvgIpc) is 3.57. The summed E-state index contributed by atoms with van der Waals surface area (Å²) < 4.78 is 18.1. The van der Waals surface area contributed by atoms with E-state index in [1.54, 1.807) is 0 Å². The van der Waals surface area contributed by atoms with Crippen LogP contribution in [0.15, 0.2) is 60.7 Å². The normalized spacial score (nSPS) is 13.5. The monoisotopic (exact) mass is 596 g/mol. The van der Waals surface area contributed by atoms with Crippen molar-refractivity contribution in [1.82, 2.24) is 0 Å². The molecule has 0 aliphatic carbocycles. The number of benzene rings is 4. The lowest BCUT2D eigenvalue weighted by atomic mass is 10.0. The predicted molar refractivity (Wildman–Crippen MR) is 187 cm³/mol. The van der Waals surface area contributed by atoms with Gasteiger partial charge in [-0.15, -0.1) is 22.7 Å². The fourth-order valence-electron chi connectivity index (χ4n) is 6.26. The second-order valence-corrected chi connectivity index (χ2v) is 14.1. The van der Waals surface area contributed by atoms with Crippen LogP contribution < -0.4 is 9.47 Å². The van der Waals surface area contributed by atoms with Crippen LogP contribution in [0.1, 0.15) is 79.1 Å². The van der Waals surface area contributed by atoms with E-state index in [4.69, 9.17) is 9.47 Å². The van der Waals surface area contributed by atoms with Gasteiger partial charge in [-0.3, -0.25) is 0 Å². The zero-order chi connectivity index (χ0) is 29.1.